The molecule has 1 aromatic heterocycles. The minimum atomic E-state index is -0.752. The SMILES string of the molecule is COc1cccc(Cl)c1C(O)Cc1ccc(Br)cn1. The summed E-state index contributed by atoms with van der Waals surface area (Å²) < 4.78 is 6.14. The number of aliphatic hydroxyl groups excluding tert-OH is 1. The largest absolute Gasteiger partial charge is 0.496 e. The highest BCUT2D eigenvalue weighted by Gasteiger charge is 2.17. The number of halogens is 2. The van der Waals surface area contributed by atoms with Crippen molar-refractivity contribution in [2.45, 2.75) is 12.5 Å². The average molecular weight is 343 g/mol. The van der Waals surface area contributed by atoms with Crippen molar-refractivity contribution in [3.63, 3.8) is 0 Å². The number of ether oxygens (including phenoxy) is 1. The van der Waals surface area contributed by atoms with Gasteiger partial charge in [-0.05, 0) is 40.2 Å². The van der Waals surface area contributed by atoms with Gasteiger partial charge in [0.1, 0.15) is 5.75 Å². The van der Waals surface area contributed by atoms with Gasteiger partial charge in [0.15, 0.2) is 0 Å². The summed E-state index contributed by atoms with van der Waals surface area (Å²) in [7, 11) is 1.56. The Hall–Kier alpha value is -1.10. The minimum Gasteiger partial charge on any atom is -0.496 e. The van der Waals surface area contributed by atoms with Crippen LogP contribution >= 0.6 is 27.5 Å². The normalized spacial score (nSPS) is 12.2. The van der Waals surface area contributed by atoms with Crippen molar-refractivity contribution in [1.29, 1.82) is 0 Å². The lowest BCUT2D eigenvalue weighted by Crippen LogP contribution is -2.06. The summed E-state index contributed by atoms with van der Waals surface area (Å²) in [6.45, 7) is 0. The molecule has 0 aliphatic rings. The molecule has 100 valence electrons. The number of rotatable bonds is 4. The molecule has 0 fully saturated rings. The van der Waals surface area contributed by atoms with Crippen molar-refractivity contribution >= 4 is 27.5 Å². The van der Waals surface area contributed by atoms with Crippen molar-refractivity contribution in [2.75, 3.05) is 7.11 Å². The van der Waals surface area contributed by atoms with Gasteiger partial charge in [-0.2, -0.15) is 0 Å². The number of hydrogen-bond acceptors (Lipinski definition) is 3. The lowest BCUT2D eigenvalue weighted by atomic mass is 10.0. The highest BCUT2D eigenvalue weighted by atomic mass is 79.9. The first kappa shape index (κ1) is 14.3. The molecular weight excluding hydrogens is 330 g/mol. The van der Waals surface area contributed by atoms with Crippen LogP contribution in [-0.4, -0.2) is 17.2 Å². The summed E-state index contributed by atoms with van der Waals surface area (Å²) in [5, 5.41) is 10.8. The van der Waals surface area contributed by atoms with Crippen LogP contribution in [0, 0.1) is 0 Å². The van der Waals surface area contributed by atoms with Crippen molar-refractivity contribution in [3.05, 3.63) is 57.3 Å². The molecule has 1 atom stereocenters. The van der Waals surface area contributed by atoms with Crippen LogP contribution in [0.15, 0.2) is 41.0 Å². The van der Waals surface area contributed by atoms with E-state index in [1.165, 1.54) is 0 Å². The topological polar surface area (TPSA) is 42.4 Å². The number of hydrogen-bond donors (Lipinski definition) is 1. The first-order valence-corrected chi connectivity index (χ1v) is 6.90. The minimum absolute atomic E-state index is 0.382. The molecule has 0 bridgehead atoms. The van der Waals surface area contributed by atoms with E-state index in [1.54, 1.807) is 31.5 Å². The van der Waals surface area contributed by atoms with Crippen LogP contribution in [0.4, 0.5) is 0 Å². The van der Waals surface area contributed by atoms with E-state index >= 15 is 0 Å². The van der Waals surface area contributed by atoms with Crippen molar-refractivity contribution < 1.29 is 9.84 Å². The molecule has 0 spiro atoms. The summed E-state index contributed by atoms with van der Waals surface area (Å²) in [6, 6.07) is 9.04. The zero-order chi connectivity index (χ0) is 13.8. The second kappa shape index (κ2) is 6.37. The van der Waals surface area contributed by atoms with Crippen LogP contribution in [0.1, 0.15) is 17.4 Å². The van der Waals surface area contributed by atoms with Gasteiger partial charge in [0.05, 0.1) is 18.2 Å². The van der Waals surface area contributed by atoms with Gasteiger partial charge in [-0.15, -0.1) is 0 Å². The third-order valence-corrected chi connectivity index (χ3v) is 3.56. The fourth-order valence-electron chi connectivity index (χ4n) is 1.85. The molecule has 0 aliphatic carbocycles. The van der Waals surface area contributed by atoms with Crippen LogP contribution < -0.4 is 4.74 Å². The van der Waals surface area contributed by atoms with Crippen LogP contribution in [-0.2, 0) is 6.42 Å². The second-order valence-electron chi connectivity index (χ2n) is 4.04. The molecule has 2 aromatic rings. The van der Waals surface area contributed by atoms with Crippen molar-refractivity contribution in [1.82, 2.24) is 4.98 Å². The van der Waals surface area contributed by atoms with E-state index in [2.05, 4.69) is 20.9 Å². The van der Waals surface area contributed by atoms with Gasteiger partial charge in [0.25, 0.3) is 0 Å². The molecule has 0 radical (unpaired) electrons. The van der Waals surface area contributed by atoms with E-state index in [1.807, 2.05) is 12.1 Å². The molecule has 1 unspecified atom stereocenters. The number of aliphatic hydroxyl groups is 1. The molecule has 0 saturated heterocycles. The van der Waals surface area contributed by atoms with Gasteiger partial charge < -0.3 is 9.84 Å². The fraction of sp³-hybridized carbons (Fsp3) is 0.214. The first-order valence-electron chi connectivity index (χ1n) is 5.72. The smallest absolute Gasteiger partial charge is 0.126 e. The predicted octanol–water partition coefficient (Wildman–Crippen LogP) is 3.78. The van der Waals surface area contributed by atoms with Crippen LogP contribution in [0.5, 0.6) is 5.75 Å². The number of aromatic nitrogens is 1. The van der Waals surface area contributed by atoms with Gasteiger partial charge >= 0.3 is 0 Å². The number of nitrogens with zero attached hydrogens (tertiary/aromatic N) is 1. The number of pyridine rings is 1. The predicted molar refractivity (Wildman–Crippen MR) is 78.6 cm³/mol. The van der Waals surface area contributed by atoms with Gasteiger partial charge in [-0.25, -0.2) is 0 Å². The quantitative estimate of drug-likeness (QED) is 0.919. The lowest BCUT2D eigenvalue weighted by Gasteiger charge is -2.16. The maximum absolute atomic E-state index is 10.3. The highest BCUT2D eigenvalue weighted by Crippen LogP contribution is 2.33. The summed E-state index contributed by atoms with van der Waals surface area (Å²) in [4.78, 5) is 4.24. The molecule has 1 heterocycles. The monoisotopic (exact) mass is 341 g/mol. The molecule has 19 heavy (non-hydrogen) atoms. The molecule has 1 aromatic carbocycles. The van der Waals surface area contributed by atoms with E-state index in [0.29, 0.717) is 22.8 Å². The highest BCUT2D eigenvalue weighted by molar-refractivity contribution is 9.10. The Kier molecular flexibility index (Phi) is 4.80. The molecule has 3 nitrogen and oxygen atoms in total. The Balaban J connectivity index is 2.24. The Labute approximate surface area is 125 Å². The molecule has 0 amide bonds. The molecule has 5 heteroatoms. The third-order valence-electron chi connectivity index (χ3n) is 2.76. The Morgan fingerprint density at radius 1 is 1.37 bits per heavy atom. The van der Waals surface area contributed by atoms with E-state index in [0.717, 1.165) is 10.2 Å². The van der Waals surface area contributed by atoms with Crippen molar-refractivity contribution in [2.24, 2.45) is 0 Å². The summed E-state index contributed by atoms with van der Waals surface area (Å²) in [6.07, 6.45) is 1.33. The Morgan fingerprint density at radius 3 is 2.79 bits per heavy atom. The van der Waals surface area contributed by atoms with E-state index in [-0.39, 0.29) is 0 Å². The maximum Gasteiger partial charge on any atom is 0.126 e. The third kappa shape index (κ3) is 3.47. The standard InChI is InChI=1S/C14H13BrClNO2/c1-19-13-4-2-3-11(16)14(13)12(18)7-10-6-5-9(15)8-17-10/h2-6,8,12,18H,7H2,1H3. The zero-order valence-electron chi connectivity index (χ0n) is 10.3. The summed E-state index contributed by atoms with van der Waals surface area (Å²) >= 11 is 9.45. The van der Waals surface area contributed by atoms with Gasteiger partial charge in [0, 0.05) is 28.3 Å². The van der Waals surface area contributed by atoms with Crippen LogP contribution in [0.3, 0.4) is 0 Å². The van der Waals surface area contributed by atoms with Crippen LogP contribution in [0.2, 0.25) is 5.02 Å². The number of benzene rings is 1. The zero-order valence-corrected chi connectivity index (χ0v) is 12.6. The molecule has 0 saturated carbocycles. The molecule has 1 N–H and O–H groups in total. The fourth-order valence-corrected chi connectivity index (χ4v) is 2.37. The van der Waals surface area contributed by atoms with Gasteiger partial charge in [0.2, 0.25) is 0 Å². The molecular formula is C14H13BrClNO2. The van der Waals surface area contributed by atoms with E-state index in [4.69, 9.17) is 16.3 Å². The van der Waals surface area contributed by atoms with Gasteiger partial charge in [-0.3, -0.25) is 4.98 Å². The number of methoxy groups -OCH3 is 1. The molecule has 2 rings (SSSR count). The van der Waals surface area contributed by atoms with Crippen molar-refractivity contribution in [3.8, 4) is 5.75 Å². The Bertz CT molecular complexity index is 560. The average Bonchev–Trinajstić information content (AvgIpc) is 2.40. The van der Waals surface area contributed by atoms with E-state index < -0.39 is 6.10 Å². The van der Waals surface area contributed by atoms with E-state index in [9.17, 15) is 5.11 Å². The molecule has 0 aliphatic heterocycles. The summed E-state index contributed by atoms with van der Waals surface area (Å²) in [5.41, 5.74) is 1.38. The van der Waals surface area contributed by atoms with Crippen LogP contribution in [0.25, 0.3) is 0 Å². The second-order valence-corrected chi connectivity index (χ2v) is 5.37. The first-order chi connectivity index (χ1) is 9.11. The lowest BCUT2D eigenvalue weighted by molar-refractivity contribution is 0.173. The summed E-state index contributed by atoms with van der Waals surface area (Å²) in [5.74, 6) is 0.581. The Morgan fingerprint density at radius 2 is 2.16 bits per heavy atom. The van der Waals surface area contributed by atoms with Gasteiger partial charge in [-0.1, -0.05) is 17.7 Å². The maximum atomic E-state index is 10.3.